The van der Waals surface area contributed by atoms with Crippen LogP contribution in [0.15, 0.2) is 76.9 Å². The van der Waals surface area contributed by atoms with Crippen LogP contribution in [0.25, 0.3) is 0 Å². The smallest absolute Gasteiger partial charge is 0.271 e. The van der Waals surface area contributed by atoms with Gasteiger partial charge in [0.25, 0.3) is 5.91 Å². The lowest BCUT2D eigenvalue weighted by Crippen LogP contribution is -2.17. The van der Waals surface area contributed by atoms with Crippen LogP contribution in [0, 0.1) is 0 Å². The Balaban J connectivity index is 1.78. The molecule has 2 rings (SSSR count). The summed E-state index contributed by atoms with van der Waals surface area (Å²) in [5, 5.41) is 4.00. The van der Waals surface area contributed by atoms with Crippen molar-refractivity contribution in [2.24, 2.45) is 5.10 Å². The van der Waals surface area contributed by atoms with Crippen LogP contribution in [-0.4, -0.2) is 18.7 Å². The minimum Gasteiger partial charge on any atom is -0.494 e. The van der Waals surface area contributed by atoms with E-state index >= 15 is 0 Å². The Morgan fingerprint density at radius 2 is 1.61 bits per heavy atom. The molecule has 0 heterocycles. The number of hydrazone groups is 1. The molecule has 2 aromatic rings. The fraction of sp³-hybridized carbons (Fsp3) is 0.308. The number of nitrogens with zero attached hydrogens (tertiary/aromatic N) is 1. The third-order valence-corrected chi connectivity index (χ3v) is 4.45. The van der Waals surface area contributed by atoms with Gasteiger partial charge in [-0.05, 0) is 88.6 Å². The van der Waals surface area contributed by atoms with Crippen LogP contribution in [0.5, 0.6) is 11.5 Å². The number of hydrogen-bond acceptors (Lipinski definition) is 4. The number of benzene rings is 2. The molecule has 1 N–H and O–H groups in total. The van der Waals surface area contributed by atoms with Crippen LogP contribution in [0.1, 0.15) is 56.5 Å². The fourth-order valence-electron chi connectivity index (χ4n) is 2.71. The van der Waals surface area contributed by atoms with E-state index in [0.717, 1.165) is 29.9 Å². The second kappa shape index (κ2) is 13.1. The number of ether oxygens (including phenoxy) is 2. The molecule has 0 aromatic heterocycles. The Morgan fingerprint density at radius 1 is 0.968 bits per heavy atom. The summed E-state index contributed by atoms with van der Waals surface area (Å²) in [4.78, 5) is 12.2. The highest BCUT2D eigenvalue weighted by molar-refractivity contribution is 5.94. The van der Waals surface area contributed by atoms with Gasteiger partial charge in [-0.2, -0.15) is 5.10 Å². The van der Waals surface area contributed by atoms with Crippen molar-refractivity contribution in [1.82, 2.24) is 5.43 Å². The van der Waals surface area contributed by atoms with Gasteiger partial charge < -0.3 is 9.47 Å². The second-order valence-corrected chi connectivity index (χ2v) is 7.44. The van der Waals surface area contributed by atoms with Gasteiger partial charge in [0, 0.05) is 11.8 Å². The zero-order valence-corrected chi connectivity index (χ0v) is 18.9. The van der Waals surface area contributed by atoms with Crippen molar-refractivity contribution in [1.29, 1.82) is 0 Å². The first kappa shape index (κ1) is 23.9. The van der Waals surface area contributed by atoms with Crippen molar-refractivity contribution in [3.8, 4) is 11.5 Å². The first-order valence-corrected chi connectivity index (χ1v) is 10.5. The van der Waals surface area contributed by atoms with Crippen molar-refractivity contribution in [3.05, 3.63) is 83.0 Å². The summed E-state index contributed by atoms with van der Waals surface area (Å²) in [6.07, 6.45) is 7.74. The standard InChI is InChI=1S/C26H32N2O3/c1-5-30-24-13-15-25(16-14-24)31-19-22-9-11-23(12-10-22)26(29)28-27-18-17-21(4)8-6-7-20(2)3/h7,9-18H,5-6,8,19H2,1-4H3,(H,28,29). The molecule has 0 aliphatic heterocycles. The molecule has 0 saturated heterocycles. The van der Waals surface area contributed by atoms with Gasteiger partial charge in [0.05, 0.1) is 6.61 Å². The molecule has 0 aliphatic rings. The highest BCUT2D eigenvalue weighted by Crippen LogP contribution is 2.18. The highest BCUT2D eigenvalue weighted by Gasteiger charge is 2.04. The normalized spacial score (nSPS) is 11.3. The maximum absolute atomic E-state index is 12.2. The van der Waals surface area contributed by atoms with E-state index in [9.17, 15) is 4.79 Å². The predicted molar refractivity (Wildman–Crippen MR) is 127 cm³/mol. The third kappa shape index (κ3) is 9.34. The quantitative estimate of drug-likeness (QED) is 0.272. The Bertz CT molecular complexity index is 907. The van der Waals surface area contributed by atoms with Crippen molar-refractivity contribution >= 4 is 12.1 Å². The third-order valence-electron chi connectivity index (χ3n) is 4.45. The molecule has 31 heavy (non-hydrogen) atoms. The Labute approximate surface area is 185 Å². The maximum atomic E-state index is 12.2. The molecule has 5 heteroatoms. The minimum absolute atomic E-state index is 0.245. The van der Waals surface area contributed by atoms with Crippen molar-refractivity contribution in [3.63, 3.8) is 0 Å². The van der Waals surface area contributed by atoms with Gasteiger partial charge in [-0.3, -0.25) is 4.79 Å². The van der Waals surface area contributed by atoms with Crippen molar-refractivity contribution in [2.75, 3.05) is 6.61 Å². The minimum atomic E-state index is -0.245. The molecule has 0 fully saturated rings. The average molecular weight is 421 g/mol. The number of allylic oxidation sites excluding steroid dienone is 4. The van der Waals surface area contributed by atoms with E-state index in [1.165, 1.54) is 11.1 Å². The lowest BCUT2D eigenvalue weighted by molar-refractivity contribution is 0.0955. The summed E-state index contributed by atoms with van der Waals surface area (Å²) >= 11 is 0. The second-order valence-electron chi connectivity index (χ2n) is 7.44. The molecule has 2 aromatic carbocycles. The molecule has 1 amide bonds. The maximum Gasteiger partial charge on any atom is 0.271 e. The molecule has 0 saturated carbocycles. The van der Waals surface area contributed by atoms with Crippen LogP contribution in [0.2, 0.25) is 0 Å². The molecule has 164 valence electrons. The summed E-state index contributed by atoms with van der Waals surface area (Å²) in [6, 6.07) is 14.8. The molecule has 0 bridgehead atoms. The largest absolute Gasteiger partial charge is 0.494 e. The van der Waals surface area contributed by atoms with E-state index in [0.29, 0.717) is 18.8 Å². The summed E-state index contributed by atoms with van der Waals surface area (Å²) in [6.45, 7) is 9.26. The number of nitrogens with one attached hydrogen (secondary N) is 1. The number of amides is 1. The van der Waals surface area contributed by atoms with E-state index < -0.39 is 0 Å². The summed E-state index contributed by atoms with van der Waals surface area (Å²) in [5.41, 5.74) is 6.61. The molecule has 0 spiro atoms. The first-order valence-electron chi connectivity index (χ1n) is 10.5. The Morgan fingerprint density at radius 3 is 2.23 bits per heavy atom. The number of carbonyl (C=O) groups excluding carboxylic acids is 1. The Hall–Kier alpha value is -3.34. The van der Waals surface area contributed by atoms with Crippen LogP contribution >= 0.6 is 0 Å². The van der Waals surface area contributed by atoms with Gasteiger partial charge in [0.15, 0.2) is 0 Å². The number of rotatable bonds is 11. The summed E-state index contributed by atoms with van der Waals surface area (Å²) < 4.78 is 11.2. The van der Waals surface area contributed by atoms with Crippen LogP contribution in [0.4, 0.5) is 0 Å². The molecule has 0 unspecified atom stereocenters. The van der Waals surface area contributed by atoms with Crippen LogP contribution < -0.4 is 14.9 Å². The summed E-state index contributed by atoms with van der Waals surface area (Å²) in [7, 11) is 0. The number of hydrogen-bond donors (Lipinski definition) is 1. The van der Waals surface area contributed by atoms with Crippen LogP contribution in [0.3, 0.4) is 0 Å². The molecule has 5 nitrogen and oxygen atoms in total. The highest BCUT2D eigenvalue weighted by atomic mass is 16.5. The van der Waals surface area contributed by atoms with E-state index in [1.807, 2.05) is 49.4 Å². The monoisotopic (exact) mass is 420 g/mol. The molecule has 0 radical (unpaired) electrons. The van der Waals surface area contributed by atoms with Gasteiger partial charge in [0.1, 0.15) is 18.1 Å². The zero-order chi connectivity index (χ0) is 22.5. The molecular weight excluding hydrogens is 388 g/mol. The van der Waals surface area contributed by atoms with E-state index in [-0.39, 0.29) is 5.91 Å². The fourth-order valence-corrected chi connectivity index (χ4v) is 2.71. The van der Waals surface area contributed by atoms with Crippen molar-refractivity contribution < 1.29 is 14.3 Å². The topological polar surface area (TPSA) is 59.9 Å². The SMILES string of the molecule is CCOc1ccc(OCc2ccc(C(=O)NN=CC=C(C)CCC=C(C)C)cc2)cc1. The number of carbonyl (C=O) groups is 1. The Kier molecular flexibility index (Phi) is 10.1. The van der Waals surface area contributed by atoms with E-state index in [4.69, 9.17) is 9.47 Å². The molecular formula is C26H32N2O3. The molecule has 0 aliphatic carbocycles. The lowest BCUT2D eigenvalue weighted by atomic mass is 10.1. The predicted octanol–water partition coefficient (Wildman–Crippen LogP) is 6.07. The summed E-state index contributed by atoms with van der Waals surface area (Å²) in [5.74, 6) is 1.34. The van der Waals surface area contributed by atoms with E-state index in [2.05, 4.69) is 37.4 Å². The van der Waals surface area contributed by atoms with E-state index in [1.54, 1.807) is 18.3 Å². The van der Waals surface area contributed by atoms with Gasteiger partial charge >= 0.3 is 0 Å². The van der Waals surface area contributed by atoms with Gasteiger partial charge in [-0.25, -0.2) is 5.43 Å². The van der Waals surface area contributed by atoms with Crippen molar-refractivity contribution in [2.45, 2.75) is 47.1 Å². The lowest BCUT2D eigenvalue weighted by Gasteiger charge is -2.08. The van der Waals surface area contributed by atoms with Crippen LogP contribution in [-0.2, 0) is 6.61 Å². The van der Waals surface area contributed by atoms with Gasteiger partial charge in [-0.1, -0.05) is 29.4 Å². The van der Waals surface area contributed by atoms with Gasteiger partial charge in [0.2, 0.25) is 0 Å². The zero-order valence-electron chi connectivity index (χ0n) is 18.9. The average Bonchev–Trinajstić information content (AvgIpc) is 2.76. The molecule has 0 atom stereocenters. The van der Waals surface area contributed by atoms with Gasteiger partial charge in [-0.15, -0.1) is 0 Å². The first-order chi connectivity index (χ1) is 15.0.